The van der Waals surface area contributed by atoms with Crippen molar-refractivity contribution in [1.82, 2.24) is 10.4 Å². The van der Waals surface area contributed by atoms with Crippen molar-refractivity contribution >= 4 is 11.6 Å². The number of hydrogen-bond acceptors (Lipinski definition) is 3. The smallest absolute Gasteiger partial charge is 0.271 e. The Bertz CT molecular complexity index is 628. The molecule has 0 spiro atoms. The highest BCUT2D eigenvalue weighted by atomic mass is 35.5. The molecule has 0 amide bonds. The first kappa shape index (κ1) is 15.7. The molecular formula is C13H10ClF4N3. The van der Waals surface area contributed by atoms with Gasteiger partial charge in [0.25, 0.3) is 0 Å². The molecule has 21 heavy (non-hydrogen) atoms. The number of nitrogens with zero attached hydrogens (tertiary/aromatic N) is 1. The van der Waals surface area contributed by atoms with Gasteiger partial charge in [-0.15, -0.1) is 0 Å². The SMILES string of the molecule is NNC(c1ccc(C(F)(F)F)c(F)c1)c1ccc(Cl)cn1. The van der Waals surface area contributed by atoms with Gasteiger partial charge in [-0.05, 0) is 29.8 Å². The zero-order valence-electron chi connectivity index (χ0n) is 10.5. The Morgan fingerprint density at radius 2 is 1.90 bits per heavy atom. The van der Waals surface area contributed by atoms with Gasteiger partial charge in [0.1, 0.15) is 5.82 Å². The number of hydrogen-bond donors (Lipinski definition) is 2. The van der Waals surface area contributed by atoms with E-state index in [0.29, 0.717) is 16.8 Å². The van der Waals surface area contributed by atoms with Gasteiger partial charge in [0.15, 0.2) is 0 Å². The number of pyridine rings is 1. The van der Waals surface area contributed by atoms with Crippen LogP contribution in [0.15, 0.2) is 36.5 Å². The predicted octanol–water partition coefficient (Wildman–Crippen LogP) is 3.45. The summed E-state index contributed by atoms with van der Waals surface area (Å²) in [6.07, 6.45) is -3.38. The zero-order valence-corrected chi connectivity index (χ0v) is 11.2. The molecule has 1 atom stereocenters. The van der Waals surface area contributed by atoms with Crippen molar-refractivity contribution in [2.24, 2.45) is 5.84 Å². The number of alkyl halides is 3. The number of hydrazine groups is 1. The van der Waals surface area contributed by atoms with Crippen molar-refractivity contribution in [3.63, 3.8) is 0 Å². The number of benzene rings is 1. The van der Waals surface area contributed by atoms with Crippen molar-refractivity contribution in [2.75, 3.05) is 0 Å². The van der Waals surface area contributed by atoms with Gasteiger partial charge < -0.3 is 0 Å². The molecule has 2 rings (SSSR count). The Morgan fingerprint density at radius 3 is 2.38 bits per heavy atom. The highest BCUT2D eigenvalue weighted by molar-refractivity contribution is 6.30. The summed E-state index contributed by atoms with van der Waals surface area (Å²) in [7, 11) is 0. The molecule has 0 aliphatic heterocycles. The van der Waals surface area contributed by atoms with Crippen molar-refractivity contribution in [3.05, 3.63) is 64.2 Å². The van der Waals surface area contributed by atoms with E-state index < -0.39 is 23.6 Å². The molecule has 0 fully saturated rings. The fraction of sp³-hybridized carbons (Fsp3) is 0.154. The average Bonchev–Trinajstić information content (AvgIpc) is 2.40. The molecule has 0 saturated carbocycles. The molecule has 0 aliphatic carbocycles. The molecule has 0 saturated heterocycles. The highest BCUT2D eigenvalue weighted by Crippen LogP contribution is 2.33. The van der Waals surface area contributed by atoms with Crippen LogP contribution in [0.3, 0.4) is 0 Å². The summed E-state index contributed by atoms with van der Waals surface area (Å²) in [5.41, 5.74) is 1.68. The number of aromatic nitrogens is 1. The number of nitrogens with two attached hydrogens (primary N) is 1. The second kappa shape index (κ2) is 5.97. The van der Waals surface area contributed by atoms with Crippen LogP contribution in [0.25, 0.3) is 0 Å². The Kier molecular flexibility index (Phi) is 4.46. The van der Waals surface area contributed by atoms with Gasteiger partial charge >= 0.3 is 6.18 Å². The molecule has 0 radical (unpaired) electrons. The van der Waals surface area contributed by atoms with Crippen LogP contribution in [-0.2, 0) is 6.18 Å². The third kappa shape index (κ3) is 3.49. The Hall–Kier alpha value is -1.70. The first-order valence-electron chi connectivity index (χ1n) is 5.77. The average molecular weight is 320 g/mol. The zero-order chi connectivity index (χ0) is 15.6. The molecule has 3 nitrogen and oxygen atoms in total. The summed E-state index contributed by atoms with van der Waals surface area (Å²) >= 11 is 5.70. The van der Waals surface area contributed by atoms with E-state index >= 15 is 0 Å². The summed E-state index contributed by atoms with van der Waals surface area (Å²) in [5.74, 6) is 4.01. The van der Waals surface area contributed by atoms with Gasteiger partial charge in [0.05, 0.1) is 22.3 Å². The summed E-state index contributed by atoms with van der Waals surface area (Å²) in [6.45, 7) is 0. The van der Waals surface area contributed by atoms with Crippen LogP contribution in [-0.4, -0.2) is 4.98 Å². The normalized spacial score (nSPS) is 13.2. The molecule has 3 N–H and O–H groups in total. The minimum absolute atomic E-state index is 0.220. The second-order valence-electron chi connectivity index (χ2n) is 4.24. The van der Waals surface area contributed by atoms with Crippen LogP contribution in [0.4, 0.5) is 17.6 Å². The van der Waals surface area contributed by atoms with Crippen molar-refractivity contribution < 1.29 is 17.6 Å². The van der Waals surface area contributed by atoms with Crippen molar-refractivity contribution in [2.45, 2.75) is 12.2 Å². The maximum atomic E-state index is 13.6. The van der Waals surface area contributed by atoms with E-state index in [1.54, 1.807) is 12.1 Å². The number of rotatable bonds is 3. The summed E-state index contributed by atoms with van der Waals surface area (Å²) in [6, 6.07) is 4.94. The van der Waals surface area contributed by atoms with E-state index in [4.69, 9.17) is 17.4 Å². The maximum absolute atomic E-state index is 13.6. The molecule has 1 aromatic heterocycles. The van der Waals surface area contributed by atoms with E-state index in [9.17, 15) is 17.6 Å². The van der Waals surface area contributed by atoms with Gasteiger partial charge in [-0.3, -0.25) is 10.8 Å². The maximum Gasteiger partial charge on any atom is 0.419 e. The van der Waals surface area contributed by atoms with Gasteiger partial charge in [-0.25, -0.2) is 9.82 Å². The van der Waals surface area contributed by atoms with Crippen LogP contribution in [0.2, 0.25) is 5.02 Å². The lowest BCUT2D eigenvalue weighted by molar-refractivity contribution is -0.140. The molecule has 112 valence electrons. The lowest BCUT2D eigenvalue weighted by Gasteiger charge is -2.17. The summed E-state index contributed by atoms with van der Waals surface area (Å²) < 4.78 is 51.2. The molecule has 1 aromatic carbocycles. The number of nitrogens with one attached hydrogen (secondary N) is 1. The third-order valence-electron chi connectivity index (χ3n) is 2.84. The van der Waals surface area contributed by atoms with E-state index in [1.165, 1.54) is 6.20 Å². The fourth-order valence-corrected chi connectivity index (χ4v) is 1.96. The molecule has 2 aromatic rings. The largest absolute Gasteiger partial charge is 0.419 e. The van der Waals surface area contributed by atoms with E-state index in [1.807, 2.05) is 0 Å². The van der Waals surface area contributed by atoms with Crippen LogP contribution >= 0.6 is 11.6 Å². The van der Waals surface area contributed by atoms with Gasteiger partial charge in [-0.2, -0.15) is 13.2 Å². The topological polar surface area (TPSA) is 50.9 Å². The highest BCUT2D eigenvalue weighted by Gasteiger charge is 2.34. The van der Waals surface area contributed by atoms with E-state index in [-0.39, 0.29) is 5.56 Å². The lowest BCUT2D eigenvalue weighted by atomic mass is 10.0. The van der Waals surface area contributed by atoms with Crippen molar-refractivity contribution in [3.8, 4) is 0 Å². The van der Waals surface area contributed by atoms with Crippen LogP contribution < -0.4 is 11.3 Å². The molecule has 1 heterocycles. The van der Waals surface area contributed by atoms with Crippen molar-refractivity contribution in [1.29, 1.82) is 0 Å². The monoisotopic (exact) mass is 319 g/mol. The summed E-state index contributed by atoms with van der Waals surface area (Å²) in [5, 5.41) is 0.396. The molecule has 1 unspecified atom stereocenters. The number of halogens is 5. The van der Waals surface area contributed by atoms with E-state index in [2.05, 4.69) is 10.4 Å². The summed E-state index contributed by atoms with van der Waals surface area (Å²) in [4.78, 5) is 4.01. The second-order valence-corrected chi connectivity index (χ2v) is 4.67. The van der Waals surface area contributed by atoms with Gasteiger partial charge in [0.2, 0.25) is 0 Å². The molecule has 0 aliphatic rings. The minimum atomic E-state index is -4.74. The minimum Gasteiger partial charge on any atom is -0.271 e. The standard InChI is InChI=1S/C13H10ClF4N3/c14-8-2-4-11(20-6-8)12(21-19)7-1-3-9(10(15)5-7)13(16,17)18/h1-6,12,21H,19H2. The lowest BCUT2D eigenvalue weighted by Crippen LogP contribution is -2.29. The fourth-order valence-electron chi connectivity index (χ4n) is 1.85. The molecule has 0 bridgehead atoms. The predicted molar refractivity (Wildman–Crippen MR) is 69.8 cm³/mol. The van der Waals surface area contributed by atoms with Crippen LogP contribution in [0.5, 0.6) is 0 Å². The Labute approximate surface area is 122 Å². The van der Waals surface area contributed by atoms with Crippen LogP contribution in [0, 0.1) is 5.82 Å². The quantitative estimate of drug-likeness (QED) is 0.517. The van der Waals surface area contributed by atoms with E-state index in [0.717, 1.165) is 12.1 Å². The van der Waals surface area contributed by atoms with Gasteiger partial charge in [-0.1, -0.05) is 17.7 Å². The first-order valence-corrected chi connectivity index (χ1v) is 6.15. The first-order chi connectivity index (χ1) is 9.82. The molecular weight excluding hydrogens is 310 g/mol. The Morgan fingerprint density at radius 1 is 1.19 bits per heavy atom. The third-order valence-corrected chi connectivity index (χ3v) is 3.07. The Balaban J connectivity index is 2.40. The molecule has 8 heteroatoms. The van der Waals surface area contributed by atoms with Crippen LogP contribution in [0.1, 0.15) is 22.9 Å². The van der Waals surface area contributed by atoms with Gasteiger partial charge in [0, 0.05) is 6.20 Å².